The highest BCUT2D eigenvalue weighted by molar-refractivity contribution is 5.33. The molecule has 1 aromatic carbocycles. The van der Waals surface area contributed by atoms with E-state index in [1.54, 1.807) is 0 Å². The molecule has 0 fully saturated rings. The van der Waals surface area contributed by atoms with E-state index in [4.69, 9.17) is 5.11 Å². The smallest absolute Gasteiger partial charge is 0.165 e. The molecule has 54 valence electrons. The van der Waals surface area contributed by atoms with Gasteiger partial charge in [0, 0.05) is 5.56 Å². The summed E-state index contributed by atoms with van der Waals surface area (Å²) in [6, 6.07) is 1.86. The Kier molecular flexibility index (Phi) is 1.57. The van der Waals surface area contributed by atoms with Crippen LogP contribution in [0.3, 0.4) is 0 Å². The van der Waals surface area contributed by atoms with Crippen molar-refractivity contribution in [2.45, 2.75) is 6.92 Å². The van der Waals surface area contributed by atoms with E-state index < -0.39 is 17.4 Å². The summed E-state index contributed by atoms with van der Waals surface area (Å²) < 4.78 is 24.8. The Morgan fingerprint density at radius 2 is 1.70 bits per heavy atom. The van der Waals surface area contributed by atoms with Gasteiger partial charge in [-0.25, -0.2) is 8.78 Å². The molecule has 1 rings (SSSR count). The normalized spacial score (nSPS) is 9.90. The molecule has 1 nitrogen and oxygen atoms in total. The van der Waals surface area contributed by atoms with Crippen LogP contribution in [0.2, 0.25) is 0 Å². The third-order valence-corrected chi connectivity index (χ3v) is 1.32. The zero-order valence-electron chi connectivity index (χ0n) is 5.36. The summed E-state index contributed by atoms with van der Waals surface area (Å²) in [6.07, 6.45) is 0. The van der Waals surface area contributed by atoms with Crippen molar-refractivity contribution in [3.05, 3.63) is 29.3 Å². The number of benzene rings is 1. The van der Waals surface area contributed by atoms with E-state index in [-0.39, 0.29) is 5.56 Å². The fourth-order valence-corrected chi connectivity index (χ4v) is 0.642. The number of phenols is 1. The summed E-state index contributed by atoms with van der Waals surface area (Å²) in [4.78, 5) is 0. The van der Waals surface area contributed by atoms with Crippen LogP contribution in [0.4, 0.5) is 8.78 Å². The molecular weight excluding hydrogens is 138 g/mol. The van der Waals surface area contributed by atoms with Crippen LogP contribution in [0.1, 0.15) is 5.56 Å². The first-order valence-electron chi connectivity index (χ1n) is 2.76. The van der Waals surface area contributed by atoms with Crippen molar-refractivity contribution >= 4 is 0 Å². The molecule has 0 saturated carbocycles. The molecule has 0 amide bonds. The van der Waals surface area contributed by atoms with Crippen LogP contribution in [-0.2, 0) is 0 Å². The highest BCUT2D eigenvalue weighted by Gasteiger charge is 2.06. The van der Waals surface area contributed by atoms with Gasteiger partial charge in [0.2, 0.25) is 0 Å². The quantitative estimate of drug-likeness (QED) is 0.590. The van der Waals surface area contributed by atoms with Crippen molar-refractivity contribution in [3.63, 3.8) is 0 Å². The molecule has 10 heavy (non-hydrogen) atoms. The van der Waals surface area contributed by atoms with Crippen molar-refractivity contribution in [2.75, 3.05) is 0 Å². The maximum Gasteiger partial charge on any atom is 0.165 e. The van der Waals surface area contributed by atoms with E-state index >= 15 is 0 Å². The van der Waals surface area contributed by atoms with Gasteiger partial charge in [-0.05, 0) is 19.1 Å². The molecule has 1 aromatic rings. The van der Waals surface area contributed by atoms with Crippen molar-refractivity contribution < 1.29 is 13.9 Å². The van der Waals surface area contributed by atoms with Crippen LogP contribution in [0.25, 0.3) is 0 Å². The van der Waals surface area contributed by atoms with Gasteiger partial charge in [-0.3, -0.25) is 0 Å². The summed E-state index contributed by atoms with van der Waals surface area (Å²) in [5, 5.41) is 8.77. The highest BCUT2D eigenvalue weighted by Crippen LogP contribution is 2.21. The lowest BCUT2D eigenvalue weighted by Gasteiger charge is -1.99. The minimum atomic E-state index is -0.793. The lowest BCUT2D eigenvalue weighted by Crippen LogP contribution is -1.85. The molecule has 0 aliphatic rings. The third-order valence-electron chi connectivity index (χ3n) is 1.32. The fourth-order valence-electron chi connectivity index (χ4n) is 0.642. The maximum atomic E-state index is 12.4. The lowest BCUT2D eigenvalue weighted by molar-refractivity contribution is 0.421. The first kappa shape index (κ1) is 6.99. The first-order chi connectivity index (χ1) is 4.63. The average Bonchev–Trinajstić information content (AvgIpc) is 1.93. The fraction of sp³-hybridized carbons (Fsp3) is 0.143. The van der Waals surface area contributed by atoms with Crippen LogP contribution in [0.5, 0.6) is 5.75 Å². The molecule has 0 aliphatic carbocycles. The molecule has 0 heterocycles. The first-order valence-corrected chi connectivity index (χ1v) is 2.76. The predicted octanol–water partition coefficient (Wildman–Crippen LogP) is 1.98. The maximum absolute atomic E-state index is 12.4. The van der Waals surface area contributed by atoms with Gasteiger partial charge in [-0.15, -0.1) is 0 Å². The number of halogens is 2. The van der Waals surface area contributed by atoms with Crippen LogP contribution < -0.4 is 0 Å². The highest BCUT2D eigenvalue weighted by atomic mass is 19.1. The number of rotatable bonds is 0. The Morgan fingerprint density at radius 3 is 2.20 bits per heavy atom. The van der Waals surface area contributed by atoms with Crippen LogP contribution in [0.15, 0.2) is 12.1 Å². The second-order valence-electron chi connectivity index (χ2n) is 2.00. The standard InChI is InChI=1S/C7H6F2O/c1-4-5(8)2-3-6(9)7(4)10/h2-3,10H,1H3. The van der Waals surface area contributed by atoms with Crippen molar-refractivity contribution in [1.29, 1.82) is 0 Å². The van der Waals surface area contributed by atoms with E-state index in [9.17, 15) is 8.78 Å². The van der Waals surface area contributed by atoms with Gasteiger partial charge in [0.1, 0.15) is 5.82 Å². The third kappa shape index (κ3) is 0.943. The number of hydrogen-bond acceptors (Lipinski definition) is 1. The summed E-state index contributed by atoms with van der Waals surface area (Å²) >= 11 is 0. The van der Waals surface area contributed by atoms with Gasteiger partial charge in [0.05, 0.1) is 0 Å². The van der Waals surface area contributed by atoms with E-state index in [1.165, 1.54) is 6.92 Å². The largest absolute Gasteiger partial charge is 0.505 e. The Balaban J connectivity index is 3.34. The van der Waals surface area contributed by atoms with Gasteiger partial charge in [0.25, 0.3) is 0 Å². The van der Waals surface area contributed by atoms with E-state index in [0.717, 1.165) is 12.1 Å². The molecular formula is C7H6F2O. The zero-order valence-corrected chi connectivity index (χ0v) is 5.36. The molecule has 0 aromatic heterocycles. The van der Waals surface area contributed by atoms with Crippen LogP contribution in [0, 0.1) is 18.6 Å². The van der Waals surface area contributed by atoms with Crippen LogP contribution >= 0.6 is 0 Å². The Labute approximate surface area is 56.9 Å². The minimum absolute atomic E-state index is 0.0556. The Hall–Kier alpha value is -1.12. The topological polar surface area (TPSA) is 20.2 Å². The zero-order chi connectivity index (χ0) is 7.72. The van der Waals surface area contributed by atoms with Crippen molar-refractivity contribution in [2.24, 2.45) is 0 Å². The number of aromatic hydroxyl groups is 1. The Bertz CT molecular complexity index is 231. The summed E-state index contributed by atoms with van der Waals surface area (Å²) in [6.45, 7) is 1.31. The minimum Gasteiger partial charge on any atom is -0.505 e. The van der Waals surface area contributed by atoms with Crippen molar-refractivity contribution in [1.82, 2.24) is 0 Å². The molecule has 3 heteroatoms. The van der Waals surface area contributed by atoms with Gasteiger partial charge in [-0.2, -0.15) is 0 Å². The van der Waals surface area contributed by atoms with Gasteiger partial charge in [0.15, 0.2) is 11.6 Å². The summed E-state index contributed by atoms with van der Waals surface area (Å²) in [5.74, 6) is -2.00. The Morgan fingerprint density at radius 1 is 1.20 bits per heavy atom. The summed E-state index contributed by atoms with van der Waals surface area (Å²) in [7, 11) is 0. The van der Waals surface area contributed by atoms with Gasteiger partial charge in [-0.1, -0.05) is 0 Å². The van der Waals surface area contributed by atoms with Gasteiger partial charge < -0.3 is 5.11 Å². The SMILES string of the molecule is Cc1c(F)ccc(F)c1O. The van der Waals surface area contributed by atoms with E-state index in [0.29, 0.717) is 0 Å². The molecule has 0 saturated heterocycles. The van der Waals surface area contributed by atoms with Crippen molar-refractivity contribution in [3.8, 4) is 5.75 Å². The summed E-state index contributed by atoms with van der Waals surface area (Å²) in [5.41, 5.74) is -0.0556. The number of phenolic OH excluding ortho intramolecular Hbond substituents is 1. The van der Waals surface area contributed by atoms with E-state index in [1.807, 2.05) is 0 Å². The number of hydrogen-bond donors (Lipinski definition) is 1. The predicted molar refractivity (Wildman–Crippen MR) is 32.8 cm³/mol. The molecule has 0 unspecified atom stereocenters. The van der Waals surface area contributed by atoms with Crippen LogP contribution in [-0.4, -0.2) is 5.11 Å². The lowest BCUT2D eigenvalue weighted by atomic mass is 10.2. The monoisotopic (exact) mass is 144 g/mol. The molecule has 0 radical (unpaired) electrons. The molecule has 0 aliphatic heterocycles. The molecule has 0 bridgehead atoms. The second kappa shape index (κ2) is 2.25. The molecule has 0 atom stereocenters. The van der Waals surface area contributed by atoms with Gasteiger partial charge >= 0.3 is 0 Å². The molecule has 0 spiro atoms. The second-order valence-corrected chi connectivity index (χ2v) is 2.00. The molecule has 1 N–H and O–H groups in total. The van der Waals surface area contributed by atoms with E-state index in [2.05, 4.69) is 0 Å². The average molecular weight is 144 g/mol.